The van der Waals surface area contributed by atoms with Crippen LogP contribution in [0, 0.1) is 0 Å². The van der Waals surface area contributed by atoms with E-state index in [4.69, 9.17) is 9.15 Å². The highest BCUT2D eigenvalue weighted by Gasteiger charge is 2.34. The van der Waals surface area contributed by atoms with Crippen molar-refractivity contribution in [1.82, 2.24) is 15.1 Å². The number of nitrogens with zero attached hydrogens (tertiary/aromatic N) is 2. The summed E-state index contributed by atoms with van der Waals surface area (Å²) < 4.78 is 9.79. The number of hydrogen-bond acceptors (Lipinski definition) is 5. The van der Waals surface area contributed by atoms with Crippen molar-refractivity contribution in [2.75, 3.05) is 32.8 Å². The molecule has 1 aromatic heterocycles. The van der Waals surface area contributed by atoms with Gasteiger partial charge in [0.05, 0.1) is 6.26 Å². The standard InChI is InChI=1S/C13H15N3O5/c17-11(9-8-21-13(19)14-9)15-3-5-16(6-4-15)12(18)10-2-1-7-20-10/h1-2,7,9H,3-6,8H2,(H,14,19). The van der Waals surface area contributed by atoms with Gasteiger partial charge in [-0.3, -0.25) is 9.59 Å². The first kappa shape index (κ1) is 13.5. The van der Waals surface area contributed by atoms with Crippen LogP contribution in [0.15, 0.2) is 22.8 Å². The van der Waals surface area contributed by atoms with Crippen molar-refractivity contribution in [3.8, 4) is 0 Å². The summed E-state index contributed by atoms with van der Waals surface area (Å²) in [5, 5.41) is 2.46. The lowest BCUT2D eigenvalue weighted by Crippen LogP contribution is -2.54. The summed E-state index contributed by atoms with van der Waals surface area (Å²) in [5.74, 6) is -0.0539. The van der Waals surface area contributed by atoms with Gasteiger partial charge in [-0.15, -0.1) is 0 Å². The van der Waals surface area contributed by atoms with E-state index >= 15 is 0 Å². The fourth-order valence-corrected chi connectivity index (χ4v) is 2.42. The monoisotopic (exact) mass is 293 g/mol. The summed E-state index contributed by atoms with van der Waals surface area (Å²) in [7, 11) is 0. The summed E-state index contributed by atoms with van der Waals surface area (Å²) in [6.45, 7) is 1.79. The van der Waals surface area contributed by atoms with Gasteiger partial charge in [-0.25, -0.2) is 4.79 Å². The molecule has 0 saturated carbocycles. The highest BCUT2D eigenvalue weighted by atomic mass is 16.6. The molecular formula is C13H15N3O5. The summed E-state index contributed by atoms with van der Waals surface area (Å²) in [5.41, 5.74) is 0. The molecule has 0 radical (unpaired) electrons. The minimum absolute atomic E-state index is 0.0587. The van der Waals surface area contributed by atoms with Gasteiger partial charge in [0.1, 0.15) is 12.6 Å². The molecule has 2 saturated heterocycles. The molecule has 3 rings (SSSR count). The Labute approximate surface area is 120 Å². The number of carbonyl (C=O) groups is 3. The van der Waals surface area contributed by atoms with Gasteiger partial charge in [0.25, 0.3) is 5.91 Å². The highest BCUT2D eigenvalue weighted by Crippen LogP contribution is 2.11. The van der Waals surface area contributed by atoms with E-state index in [1.165, 1.54) is 6.26 Å². The average Bonchev–Trinajstić information content (AvgIpc) is 3.17. The largest absolute Gasteiger partial charge is 0.459 e. The third-order valence-corrected chi connectivity index (χ3v) is 3.58. The van der Waals surface area contributed by atoms with Crippen molar-refractivity contribution in [1.29, 1.82) is 0 Å². The van der Waals surface area contributed by atoms with E-state index < -0.39 is 12.1 Å². The van der Waals surface area contributed by atoms with E-state index in [9.17, 15) is 14.4 Å². The number of piperazine rings is 1. The van der Waals surface area contributed by atoms with Crippen molar-refractivity contribution in [3.63, 3.8) is 0 Å². The second kappa shape index (κ2) is 5.47. The van der Waals surface area contributed by atoms with Crippen LogP contribution in [0.2, 0.25) is 0 Å². The van der Waals surface area contributed by atoms with E-state index in [1.54, 1.807) is 21.9 Å². The molecule has 21 heavy (non-hydrogen) atoms. The molecule has 0 bridgehead atoms. The van der Waals surface area contributed by atoms with Crippen molar-refractivity contribution >= 4 is 17.9 Å². The van der Waals surface area contributed by atoms with Gasteiger partial charge in [-0.1, -0.05) is 0 Å². The fourth-order valence-electron chi connectivity index (χ4n) is 2.42. The highest BCUT2D eigenvalue weighted by molar-refractivity contribution is 5.92. The number of hydrogen-bond donors (Lipinski definition) is 1. The SMILES string of the molecule is O=C1NC(C(=O)N2CCN(C(=O)c3ccco3)CC2)CO1. The zero-order valence-corrected chi connectivity index (χ0v) is 11.3. The number of carbonyl (C=O) groups excluding carboxylic acids is 3. The van der Waals surface area contributed by atoms with E-state index in [0.717, 1.165) is 0 Å². The molecule has 1 atom stereocenters. The van der Waals surface area contributed by atoms with Gasteiger partial charge < -0.3 is 24.3 Å². The maximum Gasteiger partial charge on any atom is 0.407 e. The van der Waals surface area contributed by atoms with E-state index in [0.29, 0.717) is 31.9 Å². The maximum atomic E-state index is 12.2. The molecule has 1 N–H and O–H groups in total. The molecule has 3 amide bonds. The van der Waals surface area contributed by atoms with E-state index in [2.05, 4.69) is 5.32 Å². The molecule has 0 aliphatic carbocycles. The number of nitrogens with one attached hydrogen (secondary N) is 1. The van der Waals surface area contributed by atoms with Crippen LogP contribution in [-0.2, 0) is 9.53 Å². The minimum atomic E-state index is -0.621. The third kappa shape index (κ3) is 2.69. The lowest BCUT2D eigenvalue weighted by atomic mass is 10.2. The molecule has 0 spiro atoms. The molecule has 1 unspecified atom stereocenters. The van der Waals surface area contributed by atoms with E-state index in [-0.39, 0.29) is 18.4 Å². The molecule has 8 nitrogen and oxygen atoms in total. The molecule has 8 heteroatoms. The van der Waals surface area contributed by atoms with Crippen LogP contribution < -0.4 is 5.32 Å². The zero-order chi connectivity index (χ0) is 14.8. The molecule has 112 valence electrons. The van der Waals surface area contributed by atoms with Crippen LogP contribution in [-0.4, -0.2) is 66.5 Å². The molecule has 3 heterocycles. The number of amides is 3. The summed E-state index contributed by atoms with van der Waals surface area (Å²) in [6.07, 6.45) is 0.885. The van der Waals surface area contributed by atoms with Crippen LogP contribution in [0.25, 0.3) is 0 Å². The second-order valence-corrected chi connectivity index (χ2v) is 4.89. The lowest BCUT2D eigenvalue weighted by molar-refractivity contribution is -0.134. The number of rotatable bonds is 2. The van der Waals surface area contributed by atoms with Gasteiger partial charge in [0, 0.05) is 26.2 Å². The molecular weight excluding hydrogens is 278 g/mol. The summed E-state index contributed by atoms with van der Waals surface area (Å²) in [4.78, 5) is 38.5. The van der Waals surface area contributed by atoms with Crippen LogP contribution in [0.5, 0.6) is 0 Å². The molecule has 2 aliphatic rings. The van der Waals surface area contributed by atoms with Crippen molar-refractivity contribution in [2.45, 2.75) is 6.04 Å². The van der Waals surface area contributed by atoms with Gasteiger partial charge >= 0.3 is 6.09 Å². The number of alkyl carbamates (subject to hydrolysis) is 1. The van der Waals surface area contributed by atoms with Crippen LogP contribution in [0.3, 0.4) is 0 Å². The van der Waals surface area contributed by atoms with Crippen molar-refractivity contribution in [2.24, 2.45) is 0 Å². The van der Waals surface area contributed by atoms with E-state index in [1.807, 2.05) is 0 Å². The Hall–Kier alpha value is -2.51. The smallest absolute Gasteiger partial charge is 0.407 e. The number of ether oxygens (including phenoxy) is 1. The predicted molar refractivity (Wildman–Crippen MR) is 69.5 cm³/mol. The van der Waals surface area contributed by atoms with Gasteiger partial charge in [-0.05, 0) is 12.1 Å². The topological polar surface area (TPSA) is 92.1 Å². The minimum Gasteiger partial charge on any atom is -0.459 e. The van der Waals surface area contributed by atoms with Gasteiger partial charge in [0.2, 0.25) is 5.91 Å². The average molecular weight is 293 g/mol. The van der Waals surface area contributed by atoms with Crippen LogP contribution in [0.1, 0.15) is 10.6 Å². The molecule has 0 aromatic carbocycles. The summed E-state index contributed by atoms with van der Waals surface area (Å²) >= 11 is 0. The zero-order valence-electron chi connectivity index (χ0n) is 11.3. The number of furan rings is 1. The van der Waals surface area contributed by atoms with Crippen LogP contribution >= 0.6 is 0 Å². The fraction of sp³-hybridized carbons (Fsp3) is 0.462. The Bertz CT molecular complexity index is 548. The predicted octanol–water partition coefficient (Wildman–Crippen LogP) is -0.328. The first-order valence-corrected chi connectivity index (χ1v) is 6.70. The quantitative estimate of drug-likeness (QED) is 0.806. The van der Waals surface area contributed by atoms with Gasteiger partial charge in [0.15, 0.2) is 5.76 Å². The molecule has 2 fully saturated rings. The Morgan fingerprint density at radius 1 is 1.19 bits per heavy atom. The third-order valence-electron chi connectivity index (χ3n) is 3.58. The second-order valence-electron chi connectivity index (χ2n) is 4.89. The summed E-state index contributed by atoms with van der Waals surface area (Å²) in [6, 6.07) is 2.66. The Morgan fingerprint density at radius 3 is 2.48 bits per heavy atom. The maximum absolute atomic E-state index is 12.2. The first-order chi connectivity index (χ1) is 10.1. The first-order valence-electron chi connectivity index (χ1n) is 6.70. The Morgan fingerprint density at radius 2 is 1.90 bits per heavy atom. The Kier molecular flexibility index (Phi) is 3.51. The van der Waals surface area contributed by atoms with Crippen LogP contribution in [0.4, 0.5) is 4.79 Å². The number of cyclic esters (lactones) is 1. The Balaban J connectivity index is 1.54. The van der Waals surface area contributed by atoms with Crippen molar-refractivity contribution < 1.29 is 23.5 Å². The lowest BCUT2D eigenvalue weighted by Gasteiger charge is -2.35. The van der Waals surface area contributed by atoms with Gasteiger partial charge in [-0.2, -0.15) is 0 Å². The molecule has 2 aliphatic heterocycles. The van der Waals surface area contributed by atoms with Crippen molar-refractivity contribution in [3.05, 3.63) is 24.2 Å². The normalized spacial score (nSPS) is 21.9. The molecule has 1 aromatic rings.